The minimum absolute atomic E-state index is 0.174. The molecule has 1 fully saturated rings. The number of unbranched alkanes of at least 4 members (excludes halogenated alkanes) is 43. The lowest BCUT2D eigenvalue weighted by Crippen LogP contribution is -2.60. The van der Waals surface area contributed by atoms with Crippen LogP contribution in [-0.2, 0) is 14.3 Å². The van der Waals surface area contributed by atoms with Crippen LogP contribution in [0.25, 0.3) is 0 Å². The zero-order valence-corrected chi connectivity index (χ0v) is 58.6. The van der Waals surface area contributed by atoms with Crippen molar-refractivity contribution in [1.82, 2.24) is 5.32 Å². The number of hydrogen-bond donors (Lipinski definition) is 6. The molecule has 1 rings (SSSR count). The first-order valence-electron chi connectivity index (χ1n) is 38.5. The number of aliphatic hydroxyl groups is 5. The molecule has 0 aromatic carbocycles. The van der Waals surface area contributed by atoms with Crippen LogP contribution in [0.3, 0.4) is 0 Å². The number of nitrogens with one attached hydrogen (secondary N) is 1. The van der Waals surface area contributed by atoms with E-state index in [-0.39, 0.29) is 12.5 Å². The van der Waals surface area contributed by atoms with Gasteiger partial charge in [0.25, 0.3) is 0 Å². The van der Waals surface area contributed by atoms with E-state index in [1.165, 1.54) is 250 Å². The second-order valence-electron chi connectivity index (χ2n) is 26.4. The molecule has 7 atom stereocenters. The number of carbonyl (C=O) groups excluding carboxylic acids is 1. The number of carbonyl (C=O) groups is 1. The predicted octanol–water partition coefficient (Wildman–Crippen LogP) is 21.8. The molecule has 1 heterocycles. The van der Waals surface area contributed by atoms with Crippen LogP contribution in [0.15, 0.2) is 97.2 Å². The summed E-state index contributed by atoms with van der Waals surface area (Å²) in [6.45, 7) is 3.71. The van der Waals surface area contributed by atoms with Crippen LogP contribution < -0.4 is 5.32 Å². The largest absolute Gasteiger partial charge is 0.394 e. The zero-order chi connectivity index (χ0) is 64.9. The Bertz CT molecular complexity index is 1750. The number of amides is 1. The third kappa shape index (κ3) is 56.6. The van der Waals surface area contributed by atoms with E-state index in [2.05, 4.69) is 104 Å². The van der Waals surface area contributed by atoms with E-state index in [1.54, 1.807) is 6.08 Å². The summed E-state index contributed by atoms with van der Waals surface area (Å²) in [5.74, 6) is -0.174. The molecule has 6 N–H and O–H groups in total. The van der Waals surface area contributed by atoms with Crippen molar-refractivity contribution < 1.29 is 39.8 Å². The molecule has 1 aliphatic rings. The van der Waals surface area contributed by atoms with E-state index in [4.69, 9.17) is 9.47 Å². The van der Waals surface area contributed by atoms with Gasteiger partial charge in [-0.3, -0.25) is 4.79 Å². The Kier molecular flexibility index (Phi) is 65.2. The Morgan fingerprint density at radius 2 is 0.689 bits per heavy atom. The normalized spacial score (nSPS) is 18.3. The van der Waals surface area contributed by atoms with Crippen molar-refractivity contribution in [3.05, 3.63) is 97.2 Å². The van der Waals surface area contributed by atoms with Crippen LogP contribution in [0.5, 0.6) is 0 Å². The maximum Gasteiger partial charge on any atom is 0.220 e. The van der Waals surface area contributed by atoms with Gasteiger partial charge in [0.2, 0.25) is 5.91 Å². The quantitative estimate of drug-likeness (QED) is 0.0261. The number of aliphatic hydroxyl groups excluding tert-OH is 5. The highest BCUT2D eigenvalue weighted by Crippen LogP contribution is 2.24. The van der Waals surface area contributed by atoms with Crippen LogP contribution in [0.1, 0.15) is 354 Å². The lowest BCUT2D eigenvalue weighted by atomic mass is 9.99. The molecule has 1 aliphatic heterocycles. The summed E-state index contributed by atoms with van der Waals surface area (Å²) in [6, 6.07) is -0.810. The maximum atomic E-state index is 13.2. The van der Waals surface area contributed by atoms with Crippen LogP contribution in [-0.4, -0.2) is 87.5 Å². The first-order valence-corrected chi connectivity index (χ1v) is 38.5. The van der Waals surface area contributed by atoms with Crippen molar-refractivity contribution >= 4 is 5.91 Å². The second kappa shape index (κ2) is 69.0. The van der Waals surface area contributed by atoms with E-state index < -0.39 is 49.5 Å². The Balaban J connectivity index is 2.09. The van der Waals surface area contributed by atoms with Gasteiger partial charge in [0, 0.05) is 6.42 Å². The summed E-state index contributed by atoms with van der Waals surface area (Å²) in [4.78, 5) is 13.2. The van der Waals surface area contributed by atoms with E-state index in [1.807, 2.05) is 6.08 Å². The summed E-state index contributed by atoms with van der Waals surface area (Å²) in [5, 5.41) is 54.9. The Morgan fingerprint density at radius 1 is 0.389 bits per heavy atom. The van der Waals surface area contributed by atoms with Gasteiger partial charge in [0.15, 0.2) is 6.29 Å². The maximum absolute atomic E-state index is 13.2. The molecule has 522 valence electrons. The van der Waals surface area contributed by atoms with E-state index in [0.29, 0.717) is 6.42 Å². The standard InChI is InChI=1S/C81H145NO8/c1-3-5-7-9-11-13-15-17-19-21-23-25-27-29-31-33-34-35-36-37-38-39-40-41-42-43-45-47-49-51-53-55-57-59-61-63-65-67-69-71-77(85)82-74(73-89-81-80(88)79(87)78(86)76(72-83)90-81)75(84)70-68-66-64-62-60-58-56-54-52-50-48-46-44-32-30-28-26-24-22-20-18-16-14-12-10-8-6-4-2/h5,7,11,13,17,19,23,25,29,31,34-35,37-38,68,70,74-76,78-81,83-84,86-88H,3-4,6,8-10,12,14-16,18,20-22,24,26-28,30,32-33,36,39-67,69,71-73H2,1-2H3,(H,82,85)/b7-5-,13-11-,19-17-,25-23-,31-29-,35-34-,38-37-,70-68+. The minimum Gasteiger partial charge on any atom is -0.394 e. The van der Waals surface area contributed by atoms with E-state index in [0.717, 1.165) is 83.5 Å². The predicted molar refractivity (Wildman–Crippen MR) is 387 cm³/mol. The molecule has 7 unspecified atom stereocenters. The van der Waals surface area contributed by atoms with Crippen molar-refractivity contribution in [3.8, 4) is 0 Å². The van der Waals surface area contributed by atoms with Gasteiger partial charge < -0.3 is 40.3 Å². The van der Waals surface area contributed by atoms with Gasteiger partial charge in [-0.05, 0) is 77.0 Å². The van der Waals surface area contributed by atoms with E-state index >= 15 is 0 Å². The van der Waals surface area contributed by atoms with Gasteiger partial charge in [0.05, 0.1) is 25.4 Å². The van der Waals surface area contributed by atoms with E-state index in [9.17, 15) is 30.3 Å². The molecule has 0 aliphatic carbocycles. The van der Waals surface area contributed by atoms with Crippen molar-refractivity contribution in [3.63, 3.8) is 0 Å². The highest BCUT2D eigenvalue weighted by Gasteiger charge is 2.44. The first-order chi connectivity index (χ1) is 44.3. The van der Waals surface area contributed by atoms with Gasteiger partial charge in [-0.2, -0.15) is 0 Å². The molecular formula is C81H145NO8. The van der Waals surface area contributed by atoms with Gasteiger partial charge in [-0.25, -0.2) is 0 Å². The Hall–Kier alpha value is -2.89. The van der Waals surface area contributed by atoms with Gasteiger partial charge >= 0.3 is 0 Å². The SMILES string of the molecule is CC/C=C\C/C=C\C/C=C\C/C=C\C/C=C\C/C=C\C/C=C\CCCCCCCCCCCCCCCCCCCC(=O)NC(COC1OC(CO)C(O)C(O)C1O)C(O)/C=C/CCCCCCCCCCCCCCCCCCCCCCCCCCCC. The van der Waals surface area contributed by atoms with Crippen LogP contribution >= 0.6 is 0 Å². The molecular weight excluding hydrogens is 1110 g/mol. The first kappa shape index (κ1) is 85.1. The summed E-state index contributed by atoms with van der Waals surface area (Å²) in [7, 11) is 0. The second-order valence-corrected chi connectivity index (χ2v) is 26.4. The average molecular weight is 1260 g/mol. The lowest BCUT2D eigenvalue weighted by Gasteiger charge is -2.40. The number of allylic oxidation sites excluding steroid dienone is 15. The number of hydrogen-bond acceptors (Lipinski definition) is 8. The fraction of sp³-hybridized carbons (Fsp3) is 0.790. The molecule has 90 heavy (non-hydrogen) atoms. The van der Waals surface area contributed by atoms with Gasteiger partial charge in [0.1, 0.15) is 24.4 Å². The summed E-state index contributed by atoms with van der Waals surface area (Å²) < 4.78 is 11.3. The van der Waals surface area contributed by atoms with Crippen molar-refractivity contribution in [2.75, 3.05) is 13.2 Å². The molecule has 0 aromatic rings. The number of rotatable bonds is 67. The molecule has 0 saturated carbocycles. The minimum atomic E-state index is -1.57. The molecule has 1 amide bonds. The Morgan fingerprint density at radius 3 is 1.02 bits per heavy atom. The summed E-state index contributed by atoms with van der Waals surface area (Å²) >= 11 is 0. The fourth-order valence-corrected chi connectivity index (χ4v) is 12.0. The highest BCUT2D eigenvalue weighted by atomic mass is 16.7. The van der Waals surface area contributed by atoms with Crippen molar-refractivity contribution in [2.45, 2.75) is 397 Å². The third-order valence-electron chi connectivity index (χ3n) is 17.9. The van der Waals surface area contributed by atoms with Crippen molar-refractivity contribution in [2.24, 2.45) is 0 Å². The zero-order valence-electron chi connectivity index (χ0n) is 58.6. The number of ether oxygens (including phenoxy) is 2. The molecule has 1 saturated heterocycles. The molecule has 0 radical (unpaired) electrons. The van der Waals surface area contributed by atoms with Crippen LogP contribution in [0, 0.1) is 0 Å². The molecule has 9 heteroatoms. The fourth-order valence-electron chi connectivity index (χ4n) is 12.0. The molecule has 0 bridgehead atoms. The third-order valence-corrected chi connectivity index (χ3v) is 17.9. The highest BCUT2D eigenvalue weighted by molar-refractivity contribution is 5.76. The van der Waals surface area contributed by atoms with Gasteiger partial charge in [-0.1, -0.05) is 368 Å². The lowest BCUT2D eigenvalue weighted by molar-refractivity contribution is -0.302. The van der Waals surface area contributed by atoms with Crippen LogP contribution in [0.4, 0.5) is 0 Å². The summed E-state index contributed by atoms with van der Waals surface area (Å²) in [6.07, 6.45) is 93.9. The Labute approximate surface area is 555 Å². The average Bonchev–Trinajstić information content (AvgIpc) is 2.75. The van der Waals surface area contributed by atoms with Gasteiger partial charge in [-0.15, -0.1) is 0 Å². The molecule has 9 nitrogen and oxygen atoms in total. The smallest absolute Gasteiger partial charge is 0.220 e. The van der Waals surface area contributed by atoms with Crippen molar-refractivity contribution in [1.29, 1.82) is 0 Å². The topological polar surface area (TPSA) is 149 Å². The summed E-state index contributed by atoms with van der Waals surface area (Å²) in [5.41, 5.74) is 0. The molecule has 0 aromatic heterocycles. The monoisotopic (exact) mass is 1260 g/mol. The molecule has 0 spiro atoms. The van der Waals surface area contributed by atoms with Crippen LogP contribution in [0.2, 0.25) is 0 Å².